The summed E-state index contributed by atoms with van der Waals surface area (Å²) in [4.78, 5) is 23.1. The maximum atomic E-state index is 11.9. The normalized spacial score (nSPS) is 12.7. The minimum Gasteiger partial charge on any atom is -0.480 e. The van der Waals surface area contributed by atoms with Gasteiger partial charge in [0, 0.05) is 9.50 Å². The Hall–Kier alpha value is -1.27. The number of hydrogen-bond acceptors (Lipinski definition) is 2. The molecule has 1 aromatic carbocycles. The van der Waals surface area contributed by atoms with Crippen molar-refractivity contribution < 1.29 is 14.7 Å². The molecular weight excluding hydrogens is 348 g/mol. The molecule has 0 aliphatic rings. The lowest BCUT2D eigenvalue weighted by molar-refractivity contribution is -0.141. The quantitative estimate of drug-likeness (QED) is 0.766. The van der Waals surface area contributed by atoms with Crippen molar-refractivity contribution in [3.05, 3.63) is 27.7 Å². The maximum Gasteiger partial charge on any atom is 0.326 e. The van der Waals surface area contributed by atoms with Crippen molar-refractivity contribution in [1.82, 2.24) is 5.32 Å². The zero-order valence-corrected chi connectivity index (χ0v) is 13.7. The summed E-state index contributed by atoms with van der Waals surface area (Å²) in [5.41, 5.74) is -0.137. The molecule has 7 heteroatoms. The number of aliphatic carboxylic acids is 1. The predicted octanol–water partition coefficient (Wildman–Crippen LogP) is 3.72. The zero-order valence-electron chi connectivity index (χ0n) is 11.3. The number of rotatable bonds is 3. The van der Waals surface area contributed by atoms with Gasteiger partial charge in [-0.3, -0.25) is 0 Å². The molecule has 5 nitrogen and oxygen atoms in total. The Morgan fingerprint density at radius 2 is 1.95 bits per heavy atom. The van der Waals surface area contributed by atoms with E-state index in [9.17, 15) is 9.59 Å². The lowest BCUT2D eigenvalue weighted by atomic mass is 9.87. The molecule has 1 rings (SSSR count). The first-order valence-corrected chi connectivity index (χ1v) is 7.03. The van der Waals surface area contributed by atoms with Crippen LogP contribution in [0.1, 0.15) is 20.8 Å². The van der Waals surface area contributed by atoms with E-state index >= 15 is 0 Å². The minimum atomic E-state index is -1.09. The van der Waals surface area contributed by atoms with Crippen LogP contribution in [0.2, 0.25) is 5.02 Å². The Bertz CT molecular complexity index is 529. The van der Waals surface area contributed by atoms with Crippen molar-refractivity contribution in [1.29, 1.82) is 0 Å². The van der Waals surface area contributed by atoms with E-state index in [1.54, 1.807) is 39.0 Å². The van der Waals surface area contributed by atoms with E-state index in [-0.39, 0.29) is 0 Å². The molecule has 0 heterocycles. The Kier molecular flexibility index (Phi) is 5.42. The lowest BCUT2D eigenvalue weighted by Gasteiger charge is -2.27. The van der Waals surface area contributed by atoms with Crippen molar-refractivity contribution in [3.8, 4) is 0 Å². The number of anilines is 1. The van der Waals surface area contributed by atoms with E-state index in [4.69, 9.17) is 16.7 Å². The van der Waals surface area contributed by atoms with Crippen LogP contribution in [0.25, 0.3) is 0 Å². The fourth-order valence-electron chi connectivity index (χ4n) is 1.53. The van der Waals surface area contributed by atoms with Gasteiger partial charge in [0.2, 0.25) is 0 Å². The van der Waals surface area contributed by atoms with Crippen LogP contribution in [0.4, 0.5) is 10.5 Å². The second-order valence-corrected chi connectivity index (χ2v) is 6.65. The van der Waals surface area contributed by atoms with Gasteiger partial charge in [0.15, 0.2) is 0 Å². The number of urea groups is 1. The molecule has 2 amide bonds. The topological polar surface area (TPSA) is 78.4 Å². The first kappa shape index (κ1) is 16.8. The lowest BCUT2D eigenvalue weighted by Crippen LogP contribution is -2.50. The number of amides is 2. The van der Waals surface area contributed by atoms with E-state index < -0.39 is 23.5 Å². The Morgan fingerprint density at radius 1 is 1.35 bits per heavy atom. The number of nitrogens with one attached hydrogen (secondary N) is 2. The summed E-state index contributed by atoms with van der Waals surface area (Å²) in [7, 11) is 0. The number of benzene rings is 1. The van der Waals surface area contributed by atoms with Gasteiger partial charge in [-0.1, -0.05) is 32.4 Å². The van der Waals surface area contributed by atoms with Gasteiger partial charge in [-0.25, -0.2) is 9.59 Å². The third-order valence-corrected chi connectivity index (χ3v) is 3.49. The summed E-state index contributed by atoms with van der Waals surface area (Å²) in [6.45, 7) is 5.21. The standard InChI is InChI=1S/C13H16BrClN2O3/c1-13(2,3)10(11(18)19)17-12(20)16-9-6-7(15)4-5-8(9)14/h4-6,10H,1-3H3,(H,18,19)(H2,16,17,20)/t10-/m1/s1. The molecule has 0 saturated carbocycles. The molecule has 0 fully saturated rings. The molecule has 1 aromatic rings. The average Bonchev–Trinajstić information content (AvgIpc) is 2.29. The molecule has 1 atom stereocenters. The maximum absolute atomic E-state index is 11.9. The second-order valence-electron chi connectivity index (χ2n) is 5.36. The van der Waals surface area contributed by atoms with Crippen molar-refractivity contribution in [2.24, 2.45) is 5.41 Å². The summed E-state index contributed by atoms with van der Waals surface area (Å²) in [6.07, 6.45) is 0. The van der Waals surface area contributed by atoms with Crippen molar-refractivity contribution >= 4 is 45.2 Å². The van der Waals surface area contributed by atoms with Gasteiger partial charge in [-0.15, -0.1) is 0 Å². The van der Waals surface area contributed by atoms with E-state index in [1.807, 2.05) is 0 Å². The summed E-state index contributed by atoms with van der Waals surface area (Å²) < 4.78 is 0.652. The number of halogens is 2. The first-order chi connectivity index (χ1) is 9.11. The third-order valence-electron chi connectivity index (χ3n) is 2.57. The summed E-state index contributed by atoms with van der Waals surface area (Å²) in [5.74, 6) is -1.09. The highest BCUT2D eigenvalue weighted by molar-refractivity contribution is 9.10. The molecule has 0 unspecified atom stereocenters. The number of carbonyl (C=O) groups excluding carboxylic acids is 1. The van der Waals surface area contributed by atoms with Crippen LogP contribution in [0.3, 0.4) is 0 Å². The molecule has 110 valence electrons. The molecule has 0 bridgehead atoms. The molecule has 20 heavy (non-hydrogen) atoms. The molecular formula is C13H16BrClN2O3. The predicted molar refractivity (Wildman–Crippen MR) is 82.2 cm³/mol. The first-order valence-electron chi connectivity index (χ1n) is 5.86. The average molecular weight is 364 g/mol. The summed E-state index contributed by atoms with van der Waals surface area (Å²) in [5, 5.41) is 14.6. The Morgan fingerprint density at radius 3 is 2.45 bits per heavy atom. The summed E-state index contributed by atoms with van der Waals surface area (Å²) >= 11 is 9.12. The molecule has 0 aliphatic carbocycles. The largest absolute Gasteiger partial charge is 0.480 e. The van der Waals surface area contributed by atoms with Gasteiger partial charge in [-0.05, 0) is 39.5 Å². The number of carboxylic acids is 1. The van der Waals surface area contributed by atoms with Gasteiger partial charge >= 0.3 is 12.0 Å². The van der Waals surface area contributed by atoms with Crippen LogP contribution >= 0.6 is 27.5 Å². The van der Waals surface area contributed by atoms with Gasteiger partial charge in [0.25, 0.3) is 0 Å². The van der Waals surface area contributed by atoms with Crippen LogP contribution in [0.5, 0.6) is 0 Å². The highest BCUT2D eigenvalue weighted by Crippen LogP contribution is 2.26. The van der Waals surface area contributed by atoms with Crippen molar-refractivity contribution in [3.63, 3.8) is 0 Å². The van der Waals surface area contributed by atoms with Crippen molar-refractivity contribution in [2.45, 2.75) is 26.8 Å². The summed E-state index contributed by atoms with van der Waals surface area (Å²) in [6, 6.07) is 3.33. The van der Waals surface area contributed by atoms with Crippen LogP contribution in [0.15, 0.2) is 22.7 Å². The smallest absolute Gasteiger partial charge is 0.326 e. The number of carboxylic acid groups (broad SMARTS) is 1. The monoisotopic (exact) mass is 362 g/mol. The van der Waals surface area contributed by atoms with E-state index in [0.717, 1.165) is 0 Å². The molecule has 0 spiro atoms. The van der Waals surface area contributed by atoms with Gasteiger partial charge in [0.05, 0.1) is 5.69 Å². The van der Waals surface area contributed by atoms with Crippen LogP contribution in [0, 0.1) is 5.41 Å². The highest BCUT2D eigenvalue weighted by atomic mass is 79.9. The van der Waals surface area contributed by atoms with E-state index in [0.29, 0.717) is 15.2 Å². The molecule has 0 saturated heterocycles. The molecule has 0 aliphatic heterocycles. The Labute approximate surface area is 130 Å². The SMILES string of the molecule is CC(C)(C)[C@H](NC(=O)Nc1cc(Cl)ccc1Br)C(=O)O. The van der Waals surface area contributed by atoms with Gasteiger partial charge < -0.3 is 15.7 Å². The fraction of sp³-hybridized carbons (Fsp3) is 0.385. The van der Waals surface area contributed by atoms with Crippen LogP contribution in [-0.4, -0.2) is 23.1 Å². The second kappa shape index (κ2) is 6.45. The van der Waals surface area contributed by atoms with Crippen LogP contribution in [-0.2, 0) is 4.79 Å². The van der Waals surface area contributed by atoms with Crippen molar-refractivity contribution in [2.75, 3.05) is 5.32 Å². The Balaban J connectivity index is 2.81. The molecule has 0 radical (unpaired) electrons. The van der Waals surface area contributed by atoms with Gasteiger partial charge in [0.1, 0.15) is 6.04 Å². The fourth-order valence-corrected chi connectivity index (χ4v) is 2.05. The van der Waals surface area contributed by atoms with Gasteiger partial charge in [-0.2, -0.15) is 0 Å². The highest BCUT2D eigenvalue weighted by Gasteiger charge is 2.32. The van der Waals surface area contributed by atoms with Crippen LogP contribution < -0.4 is 10.6 Å². The zero-order chi connectivity index (χ0) is 15.5. The third kappa shape index (κ3) is 4.68. The number of carbonyl (C=O) groups is 2. The van der Waals surface area contributed by atoms with E-state index in [2.05, 4.69) is 26.6 Å². The molecule has 0 aromatic heterocycles. The molecule has 3 N–H and O–H groups in total. The number of hydrogen-bond donors (Lipinski definition) is 3. The minimum absolute atomic E-state index is 0.466. The van der Waals surface area contributed by atoms with E-state index in [1.165, 1.54) is 0 Å².